The van der Waals surface area contributed by atoms with Gasteiger partial charge >= 0.3 is 0 Å². The van der Waals surface area contributed by atoms with Crippen molar-refractivity contribution in [2.24, 2.45) is 0 Å². The van der Waals surface area contributed by atoms with Crippen LogP contribution in [0.5, 0.6) is 0 Å². The number of hydrogen-bond donors (Lipinski definition) is 0. The highest BCUT2D eigenvalue weighted by Gasteiger charge is 2.19. The molecule has 5 nitrogen and oxygen atoms in total. The molecule has 0 bridgehead atoms. The smallest absolute Gasteiger partial charge is 0.227 e. The maximum absolute atomic E-state index is 12.7. The number of hydrogen-bond acceptors (Lipinski definition) is 4. The van der Waals surface area contributed by atoms with Crippen LogP contribution in [0.25, 0.3) is 0 Å². The standard InChI is InChI=1S/C22H30N4O/c1-18-6-4-7-20(23-18)17-25-12-5-13-26(15-14-25)22(27)16-19-8-10-21(11-9-19)24(2)3/h4,6-11H,5,12-17H2,1-3H3. The van der Waals surface area contributed by atoms with E-state index < -0.39 is 0 Å². The van der Waals surface area contributed by atoms with Gasteiger partial charge in [-0.25, -0.2) is 0 Å². The van der Waals surface area contributed by atoms with Gasteiger partial charge in [-0.2, -0.15) is 0 Å². The van der Waals surface area contributed by atoms with Gasteiger partial charge in [-0.3, -0.25) is 14.7 Å². The number of pyridine rings is 1. The third kappa shape index (κ3) is 5.54. The predicted octanol–water partition coefficient (Wildman–Crippen LogP) is 2.73. The second kappa shape index (κ2) is 9.00. The molecule has 2 heterocycles. The first kappa shape index (κ1) is 19.4. The van der Waals surface area contributed by atoms with Gasteiger partial charge in [0.1, 0.15) is 0 Å². The molecule has 0 spiro atoms. The molecule has 3 rings (SSSR count). The first-order chi connectivity index (χ1) is 13.0. The normalized spacial score (nSPS) is 15.4. The van der Waals surface area contributed by atoms with Gasteiger partial charge in [0, 0.05) is 58.2 Å². The summed E-state index contributed by atoms with van der Waals surface area (Å²) in [7, 11) is 4.05. The van der Waals surface area contributed by atoms with Gasteiger partial charge in [0.05, 0.1) is 12.1 Å². The van der Waals surface area contributed by atoms with Crippen LogP contribution in [0.1, 0.15) is 23.4 Å². The van der Waals surface area contributed by atoms with E-state index in [0.29, 0.717) is 6.42 Å². The van der Waals surface area contributed by atoms with E-state index in [9.17, 15) is 4.79 Å². The van der Waals surface area contributed by atoms with Crippen LogP contribution in [0.4, 0.5) is 5.69 Å². The Bertz CT molecular complexity index is 757. The largest absolute Gasteiger partial charge is 0.378 e. The number of amides is 1. The van der Waals surface area contributed by atoms with Gasteiger partial charge in [0.15, 0.2) is 0 Å². The zero-order valence-corrected chi connectivity index (χ0v) is 16.7. The summed E-state index contributed by atoms with van der Waals surface area (Å²) in [4.78, 5) is 23.8. The Balaban J connectivity index is 1.53. The van der Waals surface area contributed by atoms with Gasteiger partial charge in [-0.05, 0) is 43.2 Å². The second-order valence-electron chi connectivity index (χ2n) is 7.52. The van der Waals surface area contributed by atoms with Crippen molar-refractivity contribution in [3.05, 3.63) is 59.4 Å². The van der Waals surface area contributed by atoms with E-state index in [4.69, 9.17) is 0 Å². The fraction of sp³-hybridized carbons (Fsp3) is 0.455. The molecule has 1 aromatic carbocycles. The van der Waals surface area contributed by atoms with Gasteiger partial charge in [-0.15, -0.1) is 0 Å². The molecule has 1 amide bonds. The Morgan fingerprint density at radius 3 is 2.52 bits per heavy atom. The highest BCUT2D eigenvalue weighted by Crippen LogP contribution is 2.14. The summed E-state index contributed by atoms with van der Waals surface area (Å²) in [6.07, 6.45) is 1.49. The Morgan fingerprint density at radius 2 is 1.81 bits per heavy atom. The molecule has 2 aromatic rings. The SMILES string of the molecule is Cc1cccc(CN2CCCN(C(=O)Cc3ccc(N(C)C)cc3)CC2)n1. The molecule has 0 saturated carbocycles. The maximum Gasteiger partial charge on any atom is 0.227 e. The summed E-state index contributed by atoms with van der Waals surface area (Å²) in [5, 5.41) is 0. The van der Waals surface area contributed by atoms with Crippen molar-refractivity contribution in [2.45, 2.75) is 26.3 Å². The van der Waals surface area contributed by atoms with Crippen LogP contribution in [-0.2, 0) is 17.8 Å². The molecule has 1 aliphatic rings. The number of aromatic nitrogens is 1. The lowest BCUT2D eigenvalue weighted by Crippen LogP contribution is -2.36. The van der Waals surface area contributed by atoms with Crippen molar-refractivity contribution in [3.63, 3.8) is 0 Å². The molecule has 1 aliphatic heterocycles. The molecule has 0 atom stereocenters. The van der Waals surface area contributed by atoms with Gasteiger partial charge < -0.3 is 9.80 Å². The lowest BCUT2D eigenvalue weighted by atomic mass is 10.1. The zero-order valence-electron chi connectivity index (χ0n) is 16.7. The topological polar surface area (TPSA) is 39.7 Å². The maximum atomic E-state index is 12.7. The van der Waals surface area contributed by atoms with E-state index in [1.165, 1.54) is 0 Å². The van der Waals surface area contributed by atoms with Crippen LogP contribution in [-0.4, -0.2) is 61.0 Å². The molecule has 0 aliphatic carbocycles. The van der Waals surface area contributed by atoms with Gasteiger partial charge in [-0.1, -0.05) is 18.2 Å². The van der Waals surface area contributed by atoms with Crippen LogP contribution in [0, 0.1) is 6.92 Å². The highest BCUT2D eigenvalue weighted by atomic mass is 16.2. The van der Waals surface area contributed by atoms with Gasteiger partial charge in [0.25, 0.3) is 0 Å². The Kier molecular flexibility index (Phi) is 6.45. The Hall–Kier alpha value is -2.40. The number of benzene rings is 1. The lowest BCUT2D eigenvalue weighted by molar-refractivity contribution is -0.130. The molecular weight excluding hydrogens is 336 g/mol. The molecule has 27 heavy (non-hydrogen) atoms. The molecule has 1 aromatic heterocycles. The molecule has 5 heteroatoms. The van der Waals surface area contributed by atoms with Crippen LogP contribution in [0.3, 0.4) is 0 Å². The van der Waals surface area contributed by atoms with E-state index in [1.807, 2.05) is 32.0 Å². The molecule has 1 fully saturated rings. The zero-order chi connectivity index (χ0) is 19.2. The van der Waals surface area contributed by atoms with Crippen molar-refractivity contribution in [1.29, 1.82) is 0 Å². The molecule has 1 saturated heterocycles. The van der Waals surface area contributed by atoms with E-state index in [2.05, 4.69) is 51.2 Å². The molecule has 144 valence electrons. The van der Waals surface area contributed by atoms with E-state index >= 15 is 0 Å². The third-order valence-corrected chi connectivity index (χ3v) is 5.08. The number of rotatable bonds is 5. The summed E-state index contributed by atoms with van der Waals surface area (Å²) >= 11 is 0. The summed E-state index contributed by atoms with van der Waals surface area (Å²) in [6, 6.07) is 14.4. The van der Waals surface area contributed by atoms with Crippen molar-refractivity contribution < 1.29 is 4.79 Å². The lowest BCUT2D eigenvalue weighted by Gasteiger charge is -2.22. The second-order valence-corrected chi connectivity index (χ2v) is 7.52. The fourth-order valence-electron chi connectivity index (χ4n) is 3.49. The number of carbonyl (C=O) groups excluding carboxylic acids is 1. The van der Waals surface area contributed by atoms with Crippen LogP contribution in [0.2, 0.25) is 0 Å². The number of anilines is 1. The van der Waals surface area contributed by atoms with Crippen LogP contribution < -0.4 is 4.90 Å². The first-order valence-corrected chi connectivity index (χ1v) is 9.70. The number of aryl methyl sites for hydroxylation is 1. The van der Waals surface area contributed by atoms with Gasteiger partial charge in [0.2, 0.25) is 5.91 Å². The monoisotopic (exact) mass is 366 g/mol. The van der Waals surface area contributed by atoms with Crippen LogP contribution >= 0.6 is 0 Å². The fourth-order valence-corrected chi connectivity index (χ4v) is 3.49. The average Bonchev–Trinajstić information content (AvgIpc) is 2.88. The molecule has 0 radical (unpaired) electrons. The summed E-state index contributed by atoms with van der Waals surface area (Å²) < 4.78 is 0. The molecular formula is C22H30N4O. The van der Waals surface area contributed by atoms with E-state index in [-0.39, 0.29) is 5.91 Å². The quantitative estimate of drug-likeness (QED) is 0.816. The minimum Gasteiger partial charge on any atom is -0.378 e. The number of carbonyl (C=O) groups is 1. The molecule has 0 N–H and O–H groups in total. The van der Waals surface area contributed by atoms with Crippen molar-refractivity contribution in [2.75, 3.05) is 45.2 Å². The van der Waals surface area contributed by atoms with Crippen molar-refractivity contribution in [1.82, 2.24) is 14.8 Å². The van der Waals surface area contributed by atoms with E-state index in [0.717, 1.165) is 61.8 Å². The average molecular weight is 367 g/mol. The minimum atomic E-state index is 0.225. The van der Waals surface area contributed by atoms with Crippen LogP contribution in [0.15, 0.2) is 42.5 Å². The number of nitrogens with zero attached hydrogens (tertiary/aromatic N) is 4. The highest BCUT2D eigenvalue weighted by molar-refractivity contribution is 5.79. The van der Waals surface area contributed by atoms with Crippen molar-refractivity contribution >= 4 is 11.6 Å². The van der Waals surface area contributed by atoms with E-state index in [1.54, 1.807) is 0 Å². The summed E-state index contributed by atoms with van der Waals surface area (Å²) in [5.41, 5.74) is 4.40. The Labute approximate surface area is 162 Å². The Morgan fingerprint density at radius 1 is 1.04 bits per heavy atom. The third-order valence-electron chi connectivity index (χ3n) is 5.08. The minimum absolute atomic E-state index is 0.225. The first-order valence-electron chi connectivity index (χ1n) is 9.70. The summed E-state index contributed by atoms with van der Waals surface area (Å²) in [5.74, 6) is 0.225. The van der Waals surface area contributed by atoms with Crippen molar-refractivity contribution in [3.8, 4) is 0 Å². The predicted molar refractivity (Wildman–Crippen MR) is 110 cm³/mol. The molecule has 0 unspecified atom stereocenters. The summed E-state index contributed by atoms with van der Waals surface area (Å²) in [6.45, 7) is 6.43.